The Morgan fingerprint density at radius 3 is 2.75 bits per heavy atom. The molecule has 104 valence electrons. The fraction of sp³-hybridized carbons (Fsp3) is 0.143. The number of carbonyl (C=O) groups is 1. The molecule has 0 atom stereocenters. The summed E-state index contributed by atoms with van der Waals surface area (Å²) in [5.41, 5.74) is 6.05. The maximum absolute atomic E-state index is 13.5. The van der Waals surface area contributed by atoms with Crippen LogP contribution in [0.25, 0.3) is 0 Å². The van der Waals surface area contributed by atoms with Crippen molar-refractivity contribution < 1.29 is 18.7 Å². The Hall–Kier alpha value is -2.63. The molecular weight excluding hydrogens is 263 g/mol. The van der Waals surface area contributed by atoms with E-state index in [1.54, 1.807) is 6.92 Å². The molecule has 0 unspecified atom stereocenters. The van der Waals surface area contributed by atoms with Gasteiger partial charge >= 0.3 is 5.97 Å². The van der Waals surface area contributed by atoms with E-state index in [-0.39, 0.29) is 18.2 Å². The Morgan fingerprint density at radius 1 is 1.35 bits per heavy atom. The second kappa shape index (κ2) is 6.01. The highest BCUT2D eigenvalue weighted by Crippen LogP contribution is 2.24. The number of esters is 1. The number of nitrogens with zero attached hydrogens (tertiary/aromatic N) is 1. The van der Waals surface area contributed by atoms with Crippen molar-refractivity contribution in [2.45, 2.75) is 6.92 Å². The highest BCUT2D eigenvalue weighted by molar-refractivity contribution is 5.89. The molecule has 0 fully saturated rings. The van der Waals surface area contributed by atoms with Gasteiger partial charge in [-0.3, -0.25) is 0 Å². The molecule has 0 aliphatic heterocycles. The Kier molecular flexibility index (Phi) is 4.14. The molecule has 0 saturated carbocycles. The summed E-state index contributed by atoms with van der Waals surface area (Å²) < 4.78 is 23.6. The van der Waals surface area contributed by atoms with Gasteiger partial charge in [-0.05, 0) is 25.1 Å². The summed E-state index contributed by atoms with van der Waals surface area (Å²) in [5.74, 6) is -0.871. The molecule has 1 heterocycles. The van der Waals surface area contributed by atoms with Crippen molar-refractivity contribution >= 4 is 11.7 Å². The molecule has 1 aromatic carbocycles. The topological polar surface area (TPSA) is 74.4 Å². The summed E-state index contributed by atoms with van der Waals surface area (Å²) in [6.07, 6.45) is 1.31. The number of nitrogens with two attached hydrogens (primary N) is 1. The van der Waals surface area contributed by atoms with E-state index in [4.69, 9.17) is 15.2 Å². The molecule has 0 saturated heterocycles. The van der Waals surface area contributed by atoms with Crippen molar-refractivity contribution in [1.29, 1.82) is 0 Å². The molecule has 20 heavy (non-hydrogen) atoms. The van der Waals surface area contributed by atoms with Crippen LogP contribution in [0, 0.1) is 5.82 Å². The highest BCUT2D eigenvalue weighted by atomic mass is 19.1. The van der Waals surface area contributed by atoms with E-state index < -0.39 is 11.8 Å². The number of nitrogen functional groups attached to an aromatic ring is 1. The summed E-state index contributed by atoms with van der Waals surface area (Å²) in [6, 6.07) is 7.04. The van der Waals surface area contributed by atoms with Gasteiger partial charge in [0.15, 0.2) is 11.6 Å². The first-order valence-electron chi connectivity index (χ1n) is 5.96. The zero-order chi connectivity index (χ0) is 14.5. The fourth-order valence-electron chi connectivity index (χ4n) is 1.49. The SMILES string of the molecule is CCOC(=O)c1ccc(Oc2ccc(N)cc2F)nc1. The van der Waals surface area contributed by atoms with Gasteiger partial charge < -0.3 is 15.2 Å². The Balaban J connectivity index is 2.12. The molecule has 0 aliphatic rings. The van der Waals surface area contributed by atoms with Gasteiger partial charge in [0, 0.05) is 24.0 Å². The van der Waals surface area contributed by atoms with E-state index in [1.807, 2.05) is 0 Å². The Morgan fingerprint density at radius 2 is 2.15 bits per heavy atom. The molecule has 5 nitrogen and oxygen atoms in total. The number of rotatable bonds is 4. The summed E-state index contributed by atoms with van der Waals surface area (Å²) in [4.78, 5) is 15.3. The van der Waals surface area contributed by atoms with Crippen molar-refractivity contribution in [3.05, 3.63) is 47.9 Å². The standard InChI is InChI=1S/C14H13FN2O3/c1-2-19-14(18)9-3-6-13(17-8-9)20-12-5-4-10(16)7-11(12)15/h3-8H,2,16H2,1H3. The summed E-state index contributed by atoms with van der Waals surface area (Å²) in [7, 11) is 0. The van der Waals surface area contributed by atoms with Crippen LogP contribution in [0.5, 0.6) is 11.6 Å². The minimum absolute atomic E-state index is 0.00980. The van der Waals surface area contributed by atoms with Crippen molar-refractivity contribution in [3.8, 4) is 11.6 Å². The molecular formula is C14H13FN2O3. The second-order valence-electron chi connectivity index (χ2n) is 3.90. The van der Waals surface area contributed by atoms with Crippen LogP contribution in [0.2, 0.25) is 0 Å². The van der Waals surface area contributed by atoms with Crippen LogP contribution in [-0.4, -0.2) is 17.6 Å². The van der Waals surface area contributed by atoms with E-state index in [1.165, 1.54) is 30.5 Å². The van der Waals surface area contributed by atoms with Crippen LogP contribution in [-0.2, 0) is 4.74 Å². The molecule has 2 rings (SSSR count). The number of ether oxygens (including phenoxy) is 2. The van der Waals surface area contributed by atoms with E-state index >= 15 is 0 Å². The second-order valence-corrected chi connectivity index (χ2v) is 3.90. The minimum Gasteiger partial charge on any atom is -0.462 e. The molecule has 0 spiro atoms. The van der Waals surface area contributed by atoms with Crippen molar-refractivity contribution in [3.63, 3.8) is 0 Å². The monoisotopic (exact) mass is 276 g/mol. The van der Waals surface area contributed by atoms with E-state index in [0.717, 1.165) is 6.07 Å². The predicted molar refractivity (Wildman–Crippen MR) is 71.1 cm³/mol. The normalized spacial score (nSPS) is 10.1. The maximum Gasteiger partial charge on any atom is 0.339 e. The van der Waals surface area contributed by atoms with Gasteiger partial charge in [-0.25, -0.2) is 14.2 Å². The van der Waals surface area contributed by atoms with Crippen molar-refractivity contribution in [1.82, 2.24) is 4.98 Å². The average Bonchev–Trinajstić information content (AvgIpc) is 2.43. The van der Waals surface area contributed by atoms with Crippen LogP contribution >= 0.6 is 0 Å². The van der Waals surface area contributed by atoms with Crippen LogP contribution in [0.1, 0.15) is 17.3 Å². The number of halogens is 1. The van der Waals surface area contributed by atoms with Gasteiger partial charge in [-0.15, -0.1) is 0 Å². The van der Waals surface area contributed by atoms with Crippen LogP contribution in [0.15, 0.2) is 36.5 Å². The molecule has 2 N–H and O–H groups in total. The number of anilines is 1. The lowest BCUT2D eigenvalue weighted by Crippen LogP contribution is -2.05. The smallest absolute Gasteiger partial charge is 0.339 e. The Bertz CT molecular complexity index is 614. The molecule has 0 aliphatic carbocycles. The molecule has 0 amide bonds. The molecule has 6 heteroatoms. The summed E-state index contributed by atoms with van der Waals surface area (Å²) in [5, 5.41) is 0. The number of hydrogen-bond donors (Lipinski definition) is 1. The minimum atomic E-state index is -0.582. The van der Waals surface area contributed by atoms with Gasteiger partial charge in [0.2, 0.25) is 5.88 Å². The number of pyridine rings is 1. The van der Waals surface area contributed by atoms with Crippen LogP contribution < -0.4 is 10.5 Å². The van der Waals surface area contributed by atoms with Crippen LogP contribution in [0.3, 0.4) is 0 Å². The first-order valence-corrected chi connectivity index (χ1v) is 5.96. The predicted octanol–water partition coefficient (Wildman–Crippen LogP) is 2.77. The van der Waals surface area contributed by atoms with Gasteiger partial charge in [-0.2, -0.15) is 0 Å². The number of hydrogen-bond acceptors (Lipinski definition) is 5. The van der Waals surface area contributed by atoms with E-state index in [2.05, 4.69) is 4.98 Å². The van der Waals surface area contributed by atoms with Gasteiger partial charge in [0.05, 0.1) is 12.2 Å². The first kappa shape index (κ1) is 13.8. The van der Waals surface area contributed by atoms with Crippen LogP contribution in [0.4, 0.5) is 10.1 Å². The van der Waals surface area contributed by atoms with Gasteiger partial charge in [-0.1, -0.05) is 0 Å². The summed E-state index contributed by atoms with van der Waals surface area (Å²) >= 11 is 0. The zero-order valence-electron chi connectivity index (χ0n) is 10.8. The third-order valence-corrected chi connectivity index (χ3v) is 2.42. The Labute approximate surface area is 115 Å². The molecule has 0 radical (unpaired) electrons. The molecule has 2 aromatic rings. The van der Waals surface area contributed by atoms with Gasteiger partial charge in [0.25, 0.3) is 0 Å². The number of benzene rings is 1. The lowest BCUT2D eigenvalue weighted by molar-refractivity contribution is 0.0526. The maximum atomic E-state index is 13.5. The van der Waals surface area contributed by atoms with E-state index in [9.17, 15) is 9.18 Å². The van der Waals surface area contributed by atoms with Crippen molar-refractivity contribution in [2.75, 3.05) is 12.3 Å². The average molecular weight is 276 g/mol. The number of carbonyl (C=O) groups excluding carboxylic acids is 1. The van der Waals surface area contributed by atoms with Gasteiger partial charge in [0.1, 0.15) is 0 Å². The largest absolute Gasteiger partial charge is 0.462 e. The van der Waals surface area contributed by atoms with E-state index in [0.29, 0.717) is 11.3 Å². The quantitative estimate of drug-likeness (QED) is 0.686. The van der Waals surface area contributed by atoms with Crippen molar-refractivity contribution in [2.24, 2.45) is 0 Å². The lowest BCUT2D eigenvalue weighted by atomic mass is 10.3. The molecule has 0 bridgehead atoms. The fourth-order valence-corrected chi connectivity index (χ4v) is 1.49. The zero-order valence-corrected chi connectivity index (χ0v) is 10.8. The lowest BCUT2D eigenvalue weighted by Gasteiger charge is -2.07. The highest BCUT2D eigenvalue weighted by Gasteiger charge is 2.09. The molecule has 1 aromatic heterocycles. The first-order chi connectivity index (χ1) is 9.60. The third-order valence-electron chi connectivity index (χ3n) is 2.42. The number of aromatic nitrogens is 1. The summed E-state index contributed by atoms with van der Waals surface area (Å²) in [6.45, 7) is 2.00. The third kappa shape index (κ3) is 3.23.